The monoisotopic (exact) mass is 483 g/mol. The Morgan fingerprint density at radius 2 is 1.05 bits per heavy atom. The molecule has 5 aromatic carbocycles. The van der Waals surface area contributed by atoms with E-state index in [1.165, 1.54) is 0 Å². The van der Waals surface area contributed by atoms with E-state index >= 15 is 0 Å². The number of nitrogens with one attached hydrogen (secondary N) is 1. The number of nitrogen functional groups attached to an aromatic ring is 2. The van der Waals surface area contributed by atoms with Crippen molar-refractivity contribution in [1.82, 2.24) is 4.98 Å². The van der Waals surface area contributed by atoms with Crippen LogP contribution in [-0.4, -0.2) is 4.98 Å². The first kappa shape index (κ1) is 22.3. The number of rotatable bonds is 6. The summed E-state index contributed by atoms with van der Waals surface area (Å²) in [5.74, 6) is 2.99. The van der Waals surface area contributed by atoms with E-state index in [9.17, 15) is 0 Å². The maximum atomic E-state index is 6.10. The molecule has 180 valence electrons. The predicted molar refractivity (Wildman–Crippen MR) is 151 cm³/mol. The Bertz CT molecular complexity index is 1670. The maximum Gasteiger partial charge on any atom is 0.128 e. The molecule has 5 heteroatoms. The molecule has 0 spiro atoms. The van der Waals surface area contributed by atoms with Gasteiger partial charge in [-0.2, -0.15) is 0 Å². The van der Waals surface area contributed by atoms with Crippen molar-refractivity contribution < 1.29 is 9.47 Å². The normalized spacial score (nSPS) is 10.9. The molecule has 1 heterocycles. The van der Waals surface area contributed by atoms with Crippen molar-refractivity contribution in [3.05, 3.63) is 121 Å². The van der Waals surface area contributed by atoms with Crippen LogP contribution in [-0.2, 0) is 0 Å². The van der Waals surface area contributed by atoms with Gasteiger partial charge in [-0.05, 0) is 84.4 Å². The third kappa shape index (κ3) is 4.70. The minimum Gasteiger partial charge on any atom is -0.457 e. The van der Waals surface area contributed by atoms with E-state index in [4.69, 9.17) is 20.9 Å². The number of ether oxygens (including phenoxy) is 2. The fraction of sp³-hybridized carbons (Fsp3) is 0. The zero-order valence-corrected chi connectivity index (χ0v) is 20.0. The standard InChI is InChI=1S/C32H25N3O2/c33-23-10-16-26(17-11-23)36-25-14-8-21(9-15-25)31-29-6-1-2-7-30(29)35-32(31)22-4-3-5-28(20-22)37-27-18-12-24(34)13-19-27/h1-20,35H,33-34H2. The minimum absolute atomic E-state index is 0.703. The first-order valence-electron chi connectivity index (χ1n) is 12.0. The molecule has 0 saturated carbocycles. The largest absolute Gasteiger partial charge is 0.457 e. The fourth-order valence-electron chi connectivity index (χ4n) is 4.41. The van der Waals surface area contributed by atoms with E-state index in [1.807, 2.05) is 84.9 Å². The number of nitrogens with two attached hydrogens (primary N) is 2. The van der Waals surface area contributed by atoms with Gasteiger partial charge in [0.2, 0.25) is 0 Å². The molecular weight excluding hydrogens is 458 g/mol. The number of hydrogen-bond acceptors (Lipinski definition) is 4. The summed E-state index contributed by atoms with van der Waals surface area (Å²) in [4.78, 5) is 3.62. The molecule has 0 unspecified atom stereocenters. The first-order valence-corrected chi connectivity index (χ1v) is 12.0. The lowest BCUT2D eigenvalue weighted by atomic mass is 9.98. The topological polar surface area (TPSA) is 86.3 Å². The highest BCUT2D eigenvalue weighted by Gasteiger charge is 2.16. The number of fused-ring (bicyclic) bond motifs is 1. The van der Waals surface area contributed by atoms with E-state index in [0.29, 0.717) is 11.4 Å². The van der Waals surface area contributed by atoms with Crippen molar-refractivity contribution in [3.63, 3.8) is 0 Å². The molecule has 6 aromatic rings. The summed E-state index contributed by atoms with van der Waals surface area (Å²) in [6.45, 7) is 0. The lowest BCUT2D eigenvalue weighted by Crippen LogP contribution is -1.89. The first-order chi connectivity index (χ1) is 18.1. The smallest absolute Gasteiger partial charge is 0.128 e. The van der Waals surface area contributed by atoms with Crippen LogP contribution in [0.25, 0.3) is 33.3 Å². The van der Waals surface area contributed by atoms with Gasteiger partial charge in [-0.3, -0.25) is 0 Å². The lowest BCUT2D eigenvalue weighted by molar-refractivity contribution is 0.482. The Labute approximate surface area is 214 Å². The van der Waals surface area contributed by atoms with Crippen LogP contribution in [0.2, 0.25) is 0 Å². The van der Waals surface area contributed by atoms with E-state index in [1.54, 1.807) is 0 Å². The average molecular weight is 484 g/mol. The average Bonchev–Trinajstić information content (AvgIpc) is 3.32. The summed E-state index contributed by atoms with van der Waals surface area (Å²) in [5, 5.41) is 1.15. The number of anilines is 2. The second kappa shape index (κ2) is 9.47. The van der Waals surface area contributed by atoms with Gasteiger partial charge in [-0.15, -0.1) is 0 Å². The Balaban J connectivity index is 1.36. The number of H-pyrrole nitrogens is 1. The van der Waals surface area contributed by atoms with Crippen LogP contribution in [0.5, 0.6) is 23.0 Å². The molecule has 0 aliphatic heterocycles. The Kier molecular flexibility index (Phi) is 5.71. The van der Waals surface area contributed by atoms with Crippen LogP contribution < -0.4 is 20.9 Å². The summed E-state index contributed by atoms with van der Waals surface area (Å²) in [7, 11) is 0. The highest BCUT2D eigenvalue weighted by Crippen LogP contribution is 2.40. The number of hydrogen-bond donors (Lipinski definition) is 3. The zero-order chi connectivity index (χ0) is 25.2. The van der Waals surface area contributed by atoms with Crippen molar-refractivity contribution >= 4 is 22.3 Å². The second-order valence-electron chi connectivity index (χ2n) is 8.81. The SMILES string of the molecule is Nc1ccc(Oc2ccc(-c3c(-c4cccc(Oc5ccc(N)cc5)c4)[nH]c4ccccc34)cc2)cc1. The van der Waals surface area contributed by atoms with Crippen molar-refractivity contribution in [1.29, 1.82) is 0 Å². The molecule has 5 nitrogen and oxygen atoms in total. The van der Waals surface area contributed by atoms with E-state index in [2.05, 4.69) is 41.4 Å². The Morgan fingerprint density at radius 3 is 1.70 bits per heavy atom. The molecule has 37 heavy (non-hydrogen) atoms. The van der Waals surface area contributed by atoms with Gasteiger partial charge in [0.05, 0.1) is 5.69 Å². The van der Waals surface area contributed by atoms with Gasteiger partial charge in [0.25, 0.3) is 0 Å². The van der Waals surface area contributed by atoms with Gasteiger partial charge in [-0.25, -0.2) is 0 Å². The molecule has 0 bridgehead atoms. The minimum atomic E-state index is 0.703. The number of para-hydroxylation sites is 1. The van der Waals surface area contributed by atoms with Gasteiger partial charge >= 0.3 is 0 Å². The summed E-state index contributed by atoms with van der Waals surface area (Å²) >= 11 is 0. The van der Waals surface area contributed by atoms with Crippen LogP contribution in [0, 0.1) is 0 Å². The van der Waals surface area contributed by atoms with Crippen LogP contribution in [0.3, 0.4) is 0 Å². The fourth-order valence-corrected chi connectivity index (χ4v) is 4.41. The molecule has 0 fully saturated rings. The summed E-state index contributed by atoms with van der Waals surface area (Å²) in [6.07, 6.45) is 0. The molecule has 5 N–H and O–H groups in total. The molecule has 1 aromatic heterocycles. The lowest BCUT2D eigenvalue weighted by Gasteiger charge is -2.11. The third-order valence-electron chi connectivity index (χ3n) is 6.20. The van der Waals surface area contributed by atoms with Gasteiger partial charge < -0.3 is 25.9 Å². The van der Waals surface area contributed by atoms with E-state index < -0.39 is 0 Å². The zero-order valence-electron chi connectivity index (χ0n) is 20.0. The third-order valence-corrected chi connectivity index (χ3v) is 6.20. The summed E-state index contributed by atoms with van der Waals surface area (Å²) < 4.78 is 12.1. The number of aromatic amines is 1. The molecule has 0 atom stereocenters. The molecule has 0 radical (unpaired) electrons. The van der Waals surface area contributed by atoms with Gasteiger partial charge in [0.1, 0.15) is 23.0 Å². The van der Waals surface area contributed by atoms with Gasteiger partial charge in [0.15, 0.2) is 0 Å². The van der Waals surface area contributed by atoms with Crippen LogP contribution >= 0.6 is 0 Å². The second-order valence-corrected chi connectivity index (χ2v) is 8.81. The van der Waals surface area contributed by atoms with Crippen LogP contribution in [0.4, 0.5) is 11.4 Å². The van der Waals surface area contributed by atoms with Crippen LogP contribution in [0.1, 0.15) is 0 Å². The molecule has 0 saturated heterocycles. The molecule has 6 rings (SSSR count). The maximum absolute atomic E-state index is 6.10. The van der Waals surface area contributed by atoms with Crippen molar-refractivity contribution in [2.75, 3.05) is 11.5 Å². The summed E-state index contributed by atoms with van der Waals surface area (Å²) in [5.41, 5.74) is 18.3. The van der Waals surface area contributed by atoms with Crippen molar-refractivity contribution in [2.45, 2.75) is 0 Å². The Morgan fingerprint density at radius 1 is 0.486 bits per heavy atom. The Hall–Kier alpha value is -5.16. The molecule has 0 aliphatic carbocycles. The van der Waals surface area contributed by atoms with E-state index in [0.717, 1.165) is 56.3 Å². The molecular formula is C32H25N3O2. The van der Waals surface area contributed by atoms with Gasteiger partial charge in [-0.1, -0.05) is 42.5 Å². The summed E-state index contributed by atoms with van der Waals surface area (Å²) in [6, 6.07) is 39.3. The van der Waals surface area contributed by atoms with E-state index in [-0.39, 0.29) is 0 Å². The van der Waals surface area contributed by atoms with Crippen molar-refractivity contribution in [3.8, 4) is 45.4 Å². The highest BCUT2D eigenvalue weighted by atomic mass is 16.5. The quantitative estimate of drug-likeness (QED) is 0.208. The highest BCUT2D eigenvalue weighted by molar-refractivity contribution is 6.03. The number of benzene rings is 5. The molecule has 0 amide bonds. The van der Waals surface area contributed by atoms with Gasteiger partial charge in [0, 0.05) is 33.4 Å². The predicted octanol–water partition coefficient (Wildman–Crippen LogP) is 8.25. The van der Waals surface area contributed by atoms with Crippen molar-refractivity contribution in [2.24, 2.45) is 0 Å². The number of aromatic nitrogens is 1. The molecule has 0 aliphatic rings. The van der Waals surface area contributed by atoms with Crippen LogP contribution in [0.15, 0.2) is 121 Å².